The lowest BCUT2D eigenvalue weighted by Gasteiger charge is -2.30. The molecular formula is C17H12N4O4S. The van der Waals surface area contributed by atoms with Crippen LogP contribution in [0.25, 0.3) is 0 Å². The predicted octanol–water partition coefficient (Wildman–Crippen LogP) is 2.36. The number of aliphatic imine (C=N–C) groups is 1. The molecule has 1 atom stereocenters. The van der Waals surface area contributed by atoms with Gasteiger partial charge in [-0.05, 0) is 30.4 Å². The molecule has 1 aliphatic rings. The van der Waals surface area contributed by atoms with Gasteiger partial charge in [-0.15, -0.1) is 0 Å². The fourth-order valence-corrected chi connectivity index (χ4v) is 2.69. The summed E-state index contributed by atoms with van der Waals surface area (Å²) in [5, 5.41) is 13.3. The van der Waals surface area contributed by atoms with Gasteiger partial charge in [-0.2, -0.15) is 0 Å². The van der Waals surface area contributed by atoms with E-state index in [0.717, 1.165) is 6.21 Å². The van der Waals surface area contributed by atoms with Gasteiger partial charge in [0, 0.05) is 18.3 Å². The Hall–Kier alpha value is -3.46. The summed E-state index contributed by atoms with van der Waals surface area (Å²) in [5.41, 5.74) is 0.654. The molecule has 0 radical (unpaired) electrons. The average molecular weight is 368 g/mol. The Morgan fingerprint density at radius 3 is 2.58 bits per heavy atom. The van der Waals surface area contributed by atoms with Crippen molar-refractivity contribution in [2.45, 2.75) is 0 Å². The van der Waals surface area contributed by atoms with Gasteiger partial charge < -0.3 is 5.32 Å². The second-order valence-corrected chi connectivity index (χ2v) is 5.72. The highest BCUT2D eigenvalue weighted by molar-refractivity contribution is 7.80. The summed E-state index contributed by atoms with van der Waals surface area (Å²) in [6.45, 7) is 0. The van der Waals surface area contributed by atoms with Crippen LogP contribution in [0, 0.1) is 16.0 Å². The SMILES string of the molecule is O=C1NC(=S)N(c2ccccc2)C(=O)[C@H]1C=Nc1cccc([N+](=O)[O-])c1. The van der Waals surface area contributed by atoms with Gasteiger partial charge in [0.2, 0.25) is 5.91 Å². The van der Waals surface area contributed by atoms with Gasteiger partial charge >= 0.3 is 0 Å². The van der Waals surface area contributed by atoms with Crippen LogP contribution in [0.15, 0.2) is 59.6 Å². The van der Waals surface area contributed by atoms with Crippen LogP contribution in [0.3, 0.4) is 0 Å². The number of benzene rings is 2. The molecular weight excluding hydrogens is 356 g/mol. The molecule has 2 amide bonds. The number of thiocarbonyl (C=S) groups is 1. The number of nitro benzene ring substituents is 1. The largest absolute Gasteiger partial charge is 0.301 e. The first-order valence-corrected chi connectivity index (χ1v) is 7.90. The van der Waals surface area contributed by atoms with E-state index >= 15 is 0 Å². The summed E-state index contributed by atoms with van der Waals surface area (Å²) in [6.07, 6.45) is 1.16. The van der Waals surface area contributed by atoms with E-state index in [2.05, 4.69) is 10.3 Å². The number of para-hydroxylation sites is 1. The lowest BCUT2D eigenvalue weighted by atomic mass is 10.1. The molecule has 0 aliphatic carbocycles. The first-order valence-electron chi connectivity index (χ1n) is 7.50. The molecule has 0 aromatic heterocycles. The van der Waals surface area contributed by atoms with Crippen LogP contribution < -0.4 is 10.2 Å². The Balaban J connectivity index is 1.88. The van der Waals surface area contributed by atoms with Crippen LogP contribution in [0.5, 0.6) is 0 Å². The number of amides is 2. The van der Waals surface area contributed by atoms with E-state index < -0.39 is 22.7 Å². The number of carbonyl (C=O) groups excluding carboxylic acids is 2. The minimum atomic E-state index is -1.19. The van der Waals surface area contributed by atoms with Crippen molar-refractivity contribution < 1.29 is 14.5 Å². The first kappa shape index (κ1) is 17.4. The monoisotopic (exact) mass is 368 g/mol. The maximum atomic E-state index is 12.7. The molecule has 2 aromatic rings. The first-order chi connectivity index (χ1) is 12.5. The van der Waals surface area contributed by atoms with Gasteiger partial charge in [0.15, 0.2) is 11.0 Å². The number of anilines is 1. The standard InChI is InChI=1S/C17H12N4O4S/c22-15-14(10-18-11-5-4-8-13(9-11)21(24)25)16(23)20(17(26)19-15)12-6-2-1-3-7-12/h1-10,14H,(H,19,22,26)/t14-/m0/s1. The van der Waals surface area contributed by atoms with Gasteiger partial charge in [-0.3, -0.25) is 29.6 Å². The Morgan fingerprint density at radius 1 is 1.15 bits per heavy atom. The fraction of sp³-hybridized carbons (Fsp3) is 0.0588. The maximum absolute atomic E-state index is 12.7. The zero-order valence-corrected chi connectivity index (χ0v) is 14.1. The van der Waals surface area contributed by atoms with E-state index in [1.807, 2.05) is 0 Å². The van der Waals surface area contributed by atoms with Gasteiger partial charge in [0.1, 0.15) is 0 Å². The molecule has 8 nitrogen and oxygen atoms in total. The van der Waals surface area contributed by atoms with Crippen LogP contribution in [-0.2, 0) is 9.59 Å². The number of nitro groups is 1. The Labute approximate surface area is 153 Å². The van der Waals surface area contributed by atoms with E-state index in [9.17, 15) is 19.7 Å². The number of rotatable bonds is 4. The van der Waals surface area contributed by atoms with Crippen LogP contribution in [-0.4, -0.2) is 28.1 Å². The van der Waals surface area contributed by atoms with Crippen molar-refractivity contribution in [1.82, 2.24) is 5.32 Å². The van der Waals surface area contributed by atoms with Gasteiger partial charge in [0.05, 0.1) is 16.3 Å². The predicted molar refractivity (Wildman–Crippen MR) is 99.4 cm³/mol. The molecule has 1 saturated heterocycles. The number of hydrogen-bond acceptors (Lipinski definition) is 6. The lowest BCUT2D eigenvalue weighted by molar-refractivity contribution is -0.384. The highest BCUT2D eigenvalue weighted by Gasteiger charge is 2.38. The van der Waals surface area contributed by atoms with Crippen molar-refractivity contribution in [2.24, 2.45) is 10.9 Å². The lowest BCUT2D eigenvalue weighted by Crippen LogP contribution is -2.58. The molecule has 1 heterocycles. The quantitative estimate of drug-likeness (QED) is 0.293. The zero-order chi connectivity index (χ0) is 18.7. The average Bonchev–Trinajstić information content (AvgIpc) is 2.62. The number of nitrogens with zero attached hydrogens (tertiary/aromatic N) is 3. The van der Waals surface area contributed by atoms with E-state index in [0.29, 0.717) is 5.69 Å². The normalized spacial score (nSPS) is 17.5. The van der Waals surface area contributed by atoms with Crippen LogP contribution in [0.2, 0.25) is 0 Å². The molecule has 2 aromatic carbocycles. The summed E-state index contributed by atoms with van der Waals surface area (Å²) >= 11 is 5.09. The van der Waals surface area contributed by atoms with Crippen molar-refractivity contribution in [2.75, 3.05) is 4.90 Å². The Morgan fingerprint density at radius 2 is 1.88 bits per heavy atom. The summed E-state index contributed by atoms with van der Waals surface area (Å²) in [5.74, 6) is -2.33. The van der Waals surface area contributed by atoms with Crippen LogP contribution >= 0.6 is 12.2 Å². The van der Waals surface area contributed by atoms with Crippen LogP contribution in [0.4, 0.5) is 17.1 Å². The van der Waals surface area contributed by atoms with Crippen molar-refractivity contribution in [3.05, 3.63) is 64.7 Å². The third-order valence-corrected chi connectivity index (χ3v) is 3.91. The maximum Gasteiger partial charge on any atom is 0.271 e. The molecule has 3 rings (SSSR count). The fourth-order valence-electron chi connectivity index (χ4n) is 2.39. The van der Waals surface area contributed by atoms with Gasteiger partial charge in [-0.25, -0.2) is 0 Å². The third kappa shape index (κ3) is 3.47. The smallest absolute Gasteiger partial charge is 0.271 e. The molecule has 26 heavy (non-hydrogen) atoms. The van der Waals surface area contributed by atoms with Gasteiger partial charge in [-0.1, -0.05) is 24.3 Å². The molecule has 0 saturated carbocycles. The van der Waals surface area contributed by atoms with Crippen molar-refractivity contribution in [1.29, 1.82) is 0 Å². The summed E-state index contributed by atoms with van der Waals surface area (Å²) in [4.78, 5) is 40.4. The molecule has 1 N–H and O–H groups in total. The summed E-state index contributed by atoms with van der Waals surface area (Å²) < 4.78 is 0. The molecule has 1 fully saturated rings. The number of nitrogens with one attached hydrogen (secondary N) is 1. The highest BCUT2D eigenvalue weighted by Crippen LogP contribution is 2.22. The molecule has 9 heteroatoms. The zero-order valence-electron chi connectivity index (χ0n) is 13.2. The highest BCUT2D eigenvalue weighted by atomic mass is 32.1. The van der Waals surface area contributed by atoms with Crippen LogP contribution in [0.1, 0.15) is 0 Å². The number of carbonyl (C=O) groups is 2. The van der Waals surface area contributed by atoms with Crippen molar-refractivity contribution in [3.8, 4) is 0 Å². The number of non-ortho nitro benzene ring substituents is 1. The summed E-state index contributed by atoms with van der Waals surface area (Å²) in [7, 11) is 0. The minimum Gasteiger partial charge on any atom is -0.301 e. The van der Waals surface area contributed by atoms with E-state index in [-0.39, 0.29) is 16.5 Å². The molecule has 1 aliphatic heterocycles. The second-order valence-electron chi connectivity index (χ2n) is 5.34. The Bertz CT molecular complexity index is 929. The van der Waals surface area contributed by atoms with E-state index in [4.69, 9.17) is 12.2 Å². The van der Waals surface area contributed by atoms with Crippen molar-refractivity contribution in [3.63, 3.8) is 0 Å². The molecule has 0 bridgehead atoms. The minimum absolute atomic E-state index is 0.00815. The third-order valence-electron chi connectivity index (χ3n) is 3.63. The van der Waals surface area contributed by atoms with Crippen molar-refractivity contribution >= 4 is 52.4 Å². The topological polar surface area (TPSA) is 105 Å². The molecule has 0 unspecified atom stereocenters. The van der Waals surface area contributed by atoms with Gasteiger partial charge in [0.25, 0.3) is 11.6 Å². The molecule has 130 valence electrons. The summed E-state index contributed by atoms with van der Waals surface area (Å²) in [6, 6.07) is 14.2. The van der Waals surface area contributed by atoms with E-state index in [1.54, 1.807) is 30.3 Å². The Kier molecular flexibility index (Phi) is 4.81. The number of hydrogen-bond donors (Lipinski definition) is 1. The van der Waals surface area contributed by atoms with E-state index in [1.165, 1.54) is 29.2 Å². The second kappa shape index (κ2) is 7.19. The molecule has 0 spiro atoms.